The first-order valence-electron chi connectivity index (χ1n) is 11.1. The minimum Gasteiger partial charge on any atom is -0.481 e. The Hall–Kier alpha value is -3.85. The van der Waals surface area contributed by atoms with E-state index in [4.69, 9.17) is 9.84 Å². The van der Waals surface area contributed by atoms with E-state index in [1.165, 1.54) is 29.1 Å². The van der Waals surface area contributed by atoms with Gasteiger partial charge in [-0.1, -0.05) is 48.5 Å². The number of amides is 2. The van der Waals surface area contributed by atoms with Crippen molar-refractivity contribution in [2.45, 2.75) is 12.3 Å². The van der Waals surface area contributed by atoms with E-state index in [2.05, 4.69) is 39.9 Å². The maximum Gasteiger partial charge on any atom is 0.407 e. The third kappa shape index (κ3) is 6.39. The lowest BCUT2D eigenvalue weighted by atomic mass is 9.98. The molecule has 3 aromatic rings. The highest BCUT2D eigenvalue weighted by atomic mass is 32.2. The Morgan fingerprint density at radius 1 is 0.971 bits per heavy atom. The fourth-order valence-electron chi connectivity index (χ4n) is 3.99. The first-order valence-corrected chi connectivity index (χ1v) is 12.3. The lowest BCUT2D eigenvalue weighted by Crippen LogP contribution is -2.28. The van der Waals surface area contributed by atoms with Gasteiger partial charge in [-0.25, -0.2) is 4.79 Å². The van der Waals surface area contributed by atoms with Crippen molar-refractivity contribution in [3.8, 4) is 11.1 Å². The largest absolute Gasteiger partial charge is 0.481 e. The van der Waals surface area contributed by atoms with E-state index in [1.54, 1.807) is 12.1 Å². The molecule has 1 aromatic heterocycles. The summed E-state index contributed by atoms with van der Waals surface area (Å²) in [4.78, 5) is 38.9. The van der Waals surface area contributed by atoms with Crippen LogP contribution in [0.15, 0.2) is 66.9 Å². The van der Waals surface area contributed by atoms with E-state index >= 15 is 0 Å². The maximum absolute atomic E-state index is 12.2. The molecule has 0 atom stereocenters. The number of benzene rings is 2. The van der Waals surface area contributed by atoms with Gasteiger partial charge in [-0.15, -0.1) is 0 Å². The monoisotopic (exact) mass is 491 g/mol. The Morgan fingerprint density at radius 3 is 2.29 bits per heavy atom. The van der Waals surface area contributed by atoms with Crippen LogP contribution in [-0.4, -0.2) is 52.7 Å². The predicted octanol–water partition coefficient (Wildman–Crippen LogP) is 3.92. The number of carbonyl (C=O) groups excluding carboxylic acids is 2. The molecule has 0 bridgehead atoms. The average Bonchev–Trinajstić information content (AvgIpc) is 3.17. The minimum atomic E-state index is -0.961. The Labute approximate surface area is 207 Å². The molecule has 3 N–H and O–H groups in total. The molecule has 0 aliphatic heterocycles. The van der Waals surface area contributed by atoms with Gasteiger partial charge < -0.3 is 20.5 Å². The van der Waals surface area contributed by atoms with Gasteiger partial charge in [-0.2, -0.15) is 11.8 Å². The van der Waals surface area contributed by atoms with Gasteiger partial charge in [0.2, 0.25) is 5.91 Å². The number of nitrogens with zero attached hydrogens (tertiary/aromatic N) is 1. The molecule has 0 unspecified atom stereocenters. The number of carbonyl (C=O) groups is 3. The van der Waals surface area contributed by atoms with Gasteiger partial charge in [-0.05, 0) is 34.4 Å². The second-order valence-electron chi connectivity index (χ2n) is 7.96. The molecule has 8 nitrogen and oxygen atoms in total. The maximum atomic E-state index is 12.2. The van der Waals surface area contributed by atoms with Gasteiger partial charge >= 0.3 is 12.1 Å². The number of fused-ring (bicyclic) bond motifs is 3. The van der Waals surface area contributed by atoms with Crippen LogP contribution in [0.4, 0.5) is 10.5 Å². The lowest BCUT2D eigenvalue weighted by Gasteiger charge is -2.14. The average molecular weight is 492 g/mol. The molecule has 0 fully saturated rings. The van der Waals surface area contributed by atoms with Crippen molar-refractivity contribution in [3.05, 3.63) is 83.7 Å². The summed E-state index contributed by atoms with van der Waals surface area (Å²) in [7, 11) is 0. The summed E-state index contributed by atoms with van der Waals surface area (Å²) < 4.78 is 5.50. The summed E-state index contributed by atoms with van der Waals surface area (Å²) in [5.41, 5.74) is 5.60. The van der Waals surface area contributed by atoms with Crippen LogP contribution in [0.3, 0.4) is 0 Å². The quantitative estimate of drug-likeness (QED) is 0.368. The summed E-state index contributed by atoms with van der Waals surface area (Å²) in [5.74, 6) is -0.392. The van der Waals surface area contributed by atoms with Crippen LogP contribution in [-0.2, 0) is 20.7 Å². The van der Waals surface area contributed by atoms with Crippen LogP contribution in [0.2, 0.25) is 0 Å². The topological polar surface area (TPSA) is 118 Å². The van der Waals surface area contributed by atoms with Gasteiger partial charge in [-0.3, -0.25) is 14.6 Å². The molecule has 0 saturated heterocycles. The summed E-state index contributed by atoms with van der Waals surface area (Å²) in [5, 5.41) is 14.2. The number of anilines is 1. The number of aliphatic carboxylic acids is 1. The van der Waals surface area contributed by atoms with Crippen LogP contribution >= 0.6 is 11.8 Å². The number of nitrogens with one attached hydrogen (secondary N) is 2. The predicted molar refractivity (Wildman–Crippen MR) is 135 cm³/mol. The number of carboxylic acid groups (broad SMARTS) is 1. The van der Waals surface area contributed by atoms with Gasteiger partial charge in [0.1, 0.15) is 6.61 Å². The number of rotatable bonds is 10. The SMILES string of the molecule is O=C(O)Cc1ccc(NC(=O)CSCCNC(=O)OCC2c3ccccc3-c3ccccc32)cn1. The van der Waals surface area contributed by atoms with Crippen LogP contribution in [0.25, 0.3) is 11.1 Å². The van der Waals surface area contributed by atoms with Crippen molar-refractivity contribution in [2.75, 3.05) is 30.0 Å². The summed E-state index contributed by atoms with van der Waals surface area (Å²) in [6.45, 7) is 0.634. The Bertz CT molecular complexity index is 1170. The fourth-order valence-corrected chi connectivity index (χ4v) is 4.64. The van der Waals surface area contributed by atoms with Crippen LogP contribution < -0.4 is 10.6 Å². The minimum absolute atomic E-state index is 0.0129. The van der Waals surface area contributed by atoms with E-state index < -0.39 is 12.1 Å². The first kappa shape index (κ1) is 24.3. The van der Waals surface area contributed by atoms with Crippen molar-refractivity contribution in [1.82, 2.24) is 10.3 Å². The first-order chi connectivity index (χ1) is 17.0. The number of hydrogen-bond donors (Lipinski definition) is 3. The third-order valence-electron chi connectivity index (χ3n) is 5.53. The van der Waals surface area contributed by atoms with Gasteiger partial charge in [0, 0.05) is 18.2 Å². The van der Waals surface area contributed by atoms with Crippen LogP contribution in [0.5, 0.6) is 0 Å². The van der Waals surface area contributed by atoms with Crippen LogP contribution in [0, 0.1) is 0 Å². The van der Waals surface area contributed by atoms with Crippen molar-refractivity contribution < 1.29 is 24.2 Å². The fraction of sp³-hybridized carbons (Fsp3) is 0.231. The highest BCUT2D eigenvalue weighted by molar-refractivity contribution is 7.99. The molecule has 0 spiro atoms. The van der Waals surface area contributed by atoms with E-state index in [0.29, 0.717) is 23.7 Å². The van der Waals surface area contributed by atoms with Crippen molar-refractivity contribution in [3.63, 3.8) is 0 Å². The molecular formula is C26H25N3O5S. The molecule has 9 heteroatoms. The van der Waals surface area contributed by atoms with Crippen molar-refractivity contribution in [1.29, 1.82) is 0 Å². The number of alkyl carbamates (subject to hydrolysis) is 1. The molecule has 0 saturated carbocycles. The normalized spacial score (nSPS) is 11.9. The van der Waals surface area contributed by atoms with E-state index in [-0.39, 0.29) is 30.6 Å². The van der Waals surface area contributed by atoms with Gasteiger partial charge in [0.15, 0.2) is 0 Å². The summed E-state index contributed by atoms with van der Waals surface area (Å²) in [6.07, 6.45) is 0.782. The summed E-state index contributed by atoms with van der Waals surface area (Å²) >= 11 is 1.38. The van der Waals surface area contributed by atoms with E-state index in [1.807, 2.05) is 24.3 Å². The molecule has 2 amide bonds. The number of hydrogen-bond acceptors (Lipinski definition) is 6. The smallest absolute Gasteiger partial charge is 0.407 e. The second-order valence-corrected chi connectivity index (χ2v) is 9.07. The molecule has 35 heavy (non-hydrogen) atoms. The Kier molecular flexibility index (Phi) is 7.99. The Morgan fingerprint density at radius 2 is 1.66 bits per heavy atom. The third-order valence-corrected chi connectivity index (χ3v) is 6.49. The second kappa shape index (κ2) is 11.5. The molecular weight excluding hydrogens is 466 g/mol. The van der Waals surface area contributed by atoms with E-state index in [9.17, 15) is 14.4 Å². The van der Waals surface area contributed by atoms with Crippen molar-refractivity contribution >= 4 is 35.4 Å². The van der Waals surface area contributed by atoms with Crippen LogP contribution in [0.1, 0.15) is 22.7 Å². The molecule has 1 aliphatic rings. The number of thioether (sulfide) groups is 1. The van der Waals surface area contributed by atoms with Crippen molar-refractivity contribution in [2.24, 2.45) is 0 Å². The number of aromatic nitrogens is 1. The molecule has 4 rings (SSSR count). The zero-order chi connectivity index (χ0) is 24.6. The zero-order valence-electron chi connectivity index (χ0n) is 18.9. The van der Waals surface area contributed by atoms with Gasteiger partial charge in [0.05, 0.1) is 29.8 Å². The molecule has 1 aliphatic carbocycles. The molecule has 1 heterocycles. The highest BCUT2D eigenvalue weighted by Gasteiger charge is 2.28. The Balaban J connectivity index is 1.14. The molecule has 180 valence electrons. The number of ether oxygens (including phenoxy) is 1. The number of carboxylic acids is 1. The standard InChI is InChI=1S/C26H25N3O5S/c30-24(29-18-10-9-17(28-14-18)13-25(31)32)16-35-12-11-27-26(33)34-15-23-21-7-3-1-5-19(21)20-6-2-4-8-22(20)23/h1-10,14,23H,11-13,15-16H2,(H,27,33)(H,29,30)(H,31,32). The van der Waals surface area contributed by atoms with Gasteiger partial charge in [0.25, 0.3) is 0 Å². The highest BCUT2D eigenvalue weighted by Crippen LogP contribution is 2.44. The van der Waals surface area contributed by atoms with E-state index in [0.717, 1.165) is 11.1 Å². The summed E-state index contributed by atoms with van der Waals surface area (Å²) in [6, 6.07) is 19.5. The molecule has 2 aromatic carbocycles. The lowest BCUT2D eigenvalue weighted by molar-refractivity contribution is -0.136. The number of pyridine rings is 1. The molecule has 0 radical (unpaired) electrons. The zero-order valence-corrected chi connectivity index (χ0v) is 19.7.